The summed E-state index contributed by atoms with van der Waals surface area (Å²) in [6.45, 7) is 1.27. The molecule has 0 aromatic heterocycles. The van der Waals surface area contributed by atoms with E-state index in [1.54, 1.807) is 0 Å². The third-order valence-electron chi connectivity index (χ3n) is 3.51. The Balaban J connectivity index is 1.88. The summed E-state index contributed by atoms with van der Waals surface area (Å²) in [5, 5.41) is 12.7. The normalized spacial score (nSPS) is 18.1. The van der Waals surface area contributed by atoms with Crippen LogP contribution in [0.25, 0.3) is 0 Å². The van der Waals surface area contributed by atoms with Crippen LogP contribution in [-0.4, -0.2) is 24.3 Å². The monoisotopic (exact) mass is 219 g/mol. The summed E-state index contributed by atoms with van der Waals surface area (Å²) in [6, 6.07) is 11.2. The van der Waals surface area contributed by atoms with Gasteiger partial charge in [-0.2, -0.15) is 0 Å². The van der Waals surface area contributed by atoms with Gasteiger partial charge in [0.15, 0.2) is 0 Å². The molecule has 1 unspecified atom stereocenters. The molecule has 0 heterocycles. The van der Waals surface area contributed by atoms with E-state index in [1.165, 1.54) is 24.8 Å². The van der Waals surface area contributed by atoms with E-state index in [0.717, 1.165) is 19.0 Å². The van der Waals surface area contributed by atoms with Crippen LogP contribution in [0.5, 0.6) is 0 Å². The van der Waals surface area contributed by atoms with E-state index in [2.05, 4.69) is 29.6 Å². The summed E-state index contributed by atoms with van der Waals surface area (Å²) in [6.07, 6.45) is 4.86. The van der Waals surface area contributed by atoms with Crippen molar-refractivity contribution in [3.8, 4) is 0 Å². The molecule has 0 radical (unpaired) electrons. The van der Waals surface area contributed by atoms with Crippen molar-refractivity contribution in [2.45, 2.75) is 37.6 Å². The van der Waals surface area contributed by atoms with Crippen molar-refractivity contribution in [2.75, 3.05) is 13.2 Å². The second-order valence-electron chi connectivity index (χ2n) is 4.66. The number of hydrogen-bond acceptors (Lipinski definition) is 2. The SMILES string of the molecule is OCCC(CNC1CCC1)c1ccccc1. The van der Waals surface area contributed by atoms with Crippen molar-refractivity contribution < 1.29 is 5.11 Å². The van der Waals surface area contributed by atoms with Gasteiger partial charge < -0.3 is 10.4 Å². The van der Waals surface area contributed by atoms with Gasteiger partial charge in [-0.1, -0.05) is 36.8 Å². The zero-order chi connectivity index (χ0) is 11.2. The fourth-order valence-electron chi connectivity index (χ4n) is 2.19. The average molecular weight is 219 g/mol. The first-order valence-corrected chi connectivity index (χ1v) is 6.29. The van der Waals surface area contributed by atoms with Gasteiger partial charge in [0, 0.05) is 19.2 Å². The van der Waals surface area contributed by atoms with Crippen molar-refractivity contribution in [3.63, 3.8) is 0 Å². The molecule has 1 aromatic carbocycles. The van der Waals surface area contributed by atoms with Crippen molar-refractivity contribution in [3.05, 3.63) is 35.9 Å². The van der Waals surface area contributed by atoms with Crippen molar-refractivity contribution in [1.29, 1.82) is 0 Å². The maximum absolute atomic E-state index is 9.11. The summed E-state index contributed by atoms with van der Waals surface area (Å²) in [5.41, 5.74) is 1.34. The molecule has 16 heavy (non-hydrogen) atoms. The van der Waals surface area contributed by atoms with Crippen LogP contribution in [0.3, 0.4) is 0 Å². The Kier molecular flexibility index (Phi) is 4.37. The number of aliphatic hydroxyl groups is 1. The first kappa shape index (κ1) is 11.6. The Labute approximate surface area is 97.7 Å². The van der Waals surface area contributed by atoms with Gasteiger partial charge >= 0.3 is 0 Å². The van der Waals surface area contributed by atoms with Crippen LogP contribution in [0.1, 0.15) is 37.2 Å². The minimum Gasteiger partial charge on any atom is -0.396 e. The van der Waals surface area contributed by atoms with Gasteiger partial charge in [0.05, 0.1) is 0 Å². The summed E-state index contributed by atoms with van der Waals surface area (Å²) in [5.74, 6) is 0.451. The Morgan fingerprint density at radius 1 is 1.25 bits per heavy atom. The van der Waals surface area contributed by atoms with Gasteiger partial charge in [0.1, 0.15) is 0 Å². The average Bonchev–Trinajstić information content (AvgIpc) is 2.27. The largest absolute Gasteiger partial charge is 0.396 e. The second-order valence-corrected chi connectivity index (χ2v) is 4.66. The number of aliphatic hydroxyl groups excluding tert-OH is 1. The molecule has 0 aliphatic heterocycles. The van der Waals surface area contributed by atoms with E-state index < -0.39 is 0 Å². The third-order valence-corrected chi connectivity index (χ3v) is 3.51. The van der Waals surface area contributed by atoms with Crippen LogP contribution in [0, 0.1) is 0 Å². The predicted molar refractivity (Wildman–Crippen MR) is 66.5 cm³/mol. The molecule has 1 aliphatic rings. The zero-order valence-electron chi connectivity index (χ0n) is 9.73. The standard InChI is InChI=1S/C14H21NO/c16-10-9-13(11-15-14-7-4-8-14)12-5-2-1-3-6-12/h1-3,5-6,13-16H,4,7-11H2. The van der Waals surface area contributed by atoms with Gasteiger partial charge in [-0.15, -0.1) is 0 Å². The zero-order valence-corrected chi connectivity index (χ0v) is 9.73. The molecule has 2 rings (SSSR count). The van der Waals surface area contributed by atoms with Gasteiger partial charge in [-0.05, 0) is 30.7 Å². The highest BCUT2D eigenvalue weighted by Crippen LogP contribution is 2.22. The second kappa shape index (κ2) is 6.02. The lowest BCUT2D eigenvalue weighted by molar-refractivity contribution is 0.265. The number of benzene rings is 1. The lowest BCUT2D eigenvalue weighted by Crippen LogP contribution is -2.37. The fourth-order valence-corrected chi connectivity index (χ4v) is 2.19. The molecule has 2 nitrogen and oxygen atoms in total. The summed E-state index contributed by atoms with van der Waals surface area (Å²) >= 11 is 0. The molecule has 1 saturated carbocycles. The molecular formula is C14H21NO. The molecule has 2 N–H and O–H groups in total. The summed E-state index contributed by atoms with van der Waals surface area (Å²) < 4.78 is 0. The van der Waals surface area contributed by atoms with E-state index >= 15 is 0 Å². The molecule has 1 aliphatic carbocycles. The molecule has 88 valence electrons. The van der Waals surface area contributed by atoms with Crippen molar-refractivity contribution in [1.82, 2.24) is 5.32 Å². The quantitative estimate of drug-likeness (QED) is 0.769. The topological polar surface area (TPSA) is 32.3 Å². The minimum atomic E-state index is 0.270. The van der Waals surface area contributed by atoms with Crippen LogP contribution in [0.15, 0.2) is 30.3 Å². The van der Waals surface area contributed by atoms with Crippen molar-refractivity contribution >= 4 is 0 Å². The van der Waals surface area contributed by atoms with Gasteiger partial charge in [0.2, 0.25) is 0 Å². The highest BCUT2D eigenvalue weighted by molar-refractivity contribution is 5.19. The lowest BCUT2D eigenvalue weighted by atomic mass is 9.91. The van der Waals surface area contributed by atoms with E-state index in [9.17, 15) is 0 Å². The third kappa shape index (κ3) is 3.06. The van der Waals surface area contributed by atoms with Crippen molar-refractivity contribution in [2.24, 2.45) is 0 Å². The number of nitrogens with one attached hydrogen (secondary N) is 1. The van der Waals surface area contributed by atoms with Gasteiger partial charge in [-0.25, -0.2) is 0 Å². The maximum Gasteiger partial charge on any atom is 0.0437 e. The number of hydrogen-bond donors (Lipinski definition) is 2. The number of rotatable bonds is 6. The molecule has 1 aromatic rings. The minimum absolute atomic E-state index is 0.270. The first-order valence-electron chi connectivity index (χ1n) is 6.29. The van der Waals surface area contributed by atoms with Crippen LogP contribution < -0.4 is 5.32 Å². The van der Waals surface area contributed by atoms with Crippen LogP contribution in [0.2, 0.25) is 0 Å². The first-order chi connectivity index (χ1) is 7.90. The van der Waals surface area contributed by atoms with E-state index in [4.69, 9.17) is 5.11 Å². The molecule has 1 atom stereocenters. The van der Waals surface area contributed by atoms with Crippen LogP contribution in [-0.2, 0) is 0 Å². The maximum atomic E-state index is 9.11. The molecular weight excluding hydrogens is 198 g/mol. The fraction of sp³-hybridized carbons (Fsp3) is 0.571. The molecule has 0 bridgehead atoms. The molecule has 0 spiro atoms. The molecule has 2 heteroatoms. The Hall–Kier alpha value is -0.860. The van der Waals surface area contributed by atoms with E-state index in [1.807, 2.05) is 6.07 Å². The molecule has 0 saturated heterocycles. The Morgan fingerprint density at radius 2 is 2.00 bits per heavy atom. The Morgan fingerprint density at radius 3 is 2.56 bits per heavy atom. The highest BCUT2D eigenvalue weighted by Gasteiger charge is 2.18. The summed E-state index contributed by atoms with van der Waals surface area (Å²) in [4.78, 5) is 0. The van der Waals surface area contributed by atoms with E-state index in [0.29, 0.717) is 5.92 Å². The van der Waals surface area contributed by atoms with Gasteiger partial charge in [0.25, 0.3) is 0 Å². The van der Waals surface area contributed by atoms with Crippen LogP contribution in [0.4, 0.5) is 0 Å². The summed E-state index contributed by atoms with van der Waals surface area (Å²) in [7, 11) is 0. The predicted octanol–water partition coefficient (Wildman–Crippen LogP) is 2.29. The highest BCUT2D eigenvalue weighted by atomic mass is 16.3. The smallest absolute Gasteiger partial charge is 0.0437 e. The molecule has 0 amide bonds. The van der Waals surface area contributed by atoms with Gasteiger partial charge in [-0.3, -0.25) is 0 Å². The molecule has 1 fully saturated rings. The Bertz CT molecular complexity index is 295. The van der Waals surface area contributed by atoms with E-state index in [-0.39, 0.29) is 6.61 Å². The van der Waals surface area contributed by atoms with Crippen LogP contribution >= 0.6 is 0 Å². The lowest BCUT2D eigenvalue weighted by Gasteiger charge is -2.29.